The van der Waals surface area contributed by atoms with Crippen molar-refractivity contribution in [2.24, 2.45) is 5.92 Å². The lowest BCUT2D eigenvalue weighted by molar-refractivity contribution is -0.123. The minimum absolute atomic E-state index is 0.0456. The van der Waals surface area contributed by atoms with E-state index in [1.807, 2.05) is 13.8 Å². The molecule has 1 aromatic heterocycles. The summed E-state index contributed by atoms with van der Waals surface area (Å²) in [5, 5.41) is 8.03. The molecule has 0 bridgehead atoms. The van der Waals surface area contributed by atoms with Crippen LogP contribution in [0.3, 0.4) is 0 Å². The van der Waals surface area contributed by atoms with E-state index in [2.05, 4.69) is 38.0 Å². The monoisotopic (exact) mass is 304 g/mol. The molecule has 1 aromatic rings. The Morgan fingerprint density at radius 3 is 2.69 bits per heavy atom. The summed E-state index contributed by atoms with van der Waals surface area (Å²) in [6.07, 6.45) is 0. The summed E-state index contributed by atoms with van der Waals surface area (Å²) in [5.41, 5.74) is 1.20. The van der Waals surface area contributed by atoms with Gasteiger partial charge in [-0.2, -0.15) is 0 Å². The van der Waals surface area contributed by atoms with Crippen LogP contribution in [0.5, 0.6) is 0 Å². The van der Waals surface area contributed by atoms with E-state index in [4.69, 9.17) is 0 Å². The highest BCUT2D eigenvalue weighted by molar-refractivity contribution is 9.11. The van der Waals surface area contributed by atoms with Crippen LogP contribution in [0, 0.1) is 5.92 Å². The summed E-state index contributed by atoms with van der Waals surface area (Å²) in [5.74, 6) is 0.325. The van der Waals surface area contributed by atoms with Gasteiger partial charge in [0.15, 0.2) is 0 Å². The molecule has 0 saturated heterocycles. The predicted octanol–water partition coefficient (Wildman–Crippen LogP) is 2.37. The zero-order chi connectivity index (χ0) is 12.1. The van der Waals surface area contributed by atoms with Gasteiger partial charge in [0.2, 0.25) is 5.91 Å². The summed E-state index contributed by atoms with van der Waals surface area (Å²) >= 11 is 5.08. The first kappa shape index (κ1) is 13.7. The molecule has 0 aliphatic carbocycles. The van der Waals surface area contributed by atoms with Crippen molar-refractivity contribution in [3.63, 3.8) is 0 Å². The van der Waals surface area contributed by atoms with E-state index in [-0.39, 0.29) is 17.9 Å². The largest absolute Gasteiger partial charge is 0.358 e. The maximum absolute atomic E-state index is 11.6. The lowest BCUT2D eigenvalue weighted by Gasteiger charge is -2.20. The zero-order valence-corrected chi connectivity index (χ0v) is 12.1. The van der Waals surface area contributed by atoms with Crippen molar-refractivity contribution in [2.75, 3.05) is 7.05 Å². The maximum atomic E-state index is 11.6. The molecule has 0 aliphatic rings. The summed E-state index contributed by atoms with van der Waals surface area (Å²) < 4.78 is 1.12. The normalized spacial score (nSPS) is 12.8. The molecule has 1 rings (SSSR count). The fourth-order valence-electron chi connectivity index (χ4n) is 1.45. The average Bonchev–Trinajstić information content (AvgIpc) is 2.63. The van der Waals surface area contributed by atoms with E-state index in [1.54, 1.807) is 18.4 Å². The second-order valence-corrected chi connectivity index (χ2v) is 6.27. The number of likely N-dealkylation sites (N-methyl/N-ethyl adjacent to an activating group) is 1. The Labute approximate surface area is 109 Å². The number of carbonyl (C=O) groups is 1. The topological polar surface area (TPSA) is 41.1 Å². The highest BCUT2D eigenvalue weighted by Crippen LogP contribution is 2.20. The van der Waals surface area contributed by atoms with Gasteiger partial charge in [-0.3, -0.25) is 4.79 Å². The molecule has 2 N–H and O–H groups in total. The van der Waals surface area contributed by atoms with Crippen LogP contribution in [-0.4, -0.2) is 19.0 Å². The van der Waals surface area contributed by atoms with Crippen LogP contribution in [0.1, 0.15) is 19.4 Å². The first-order chi connectivity index (χ1) is 7.54. The molecule has 1 amide bonds. The van der Waals surface area contributed by atoms with Gasteiger partial charge in [-0.15, -0.1) is 11.3 Å². The number of thiophene rings is 1. The molecule has 0 saturated carbocycles. The van der Waals surface area contributed by atoms with Crippen molar-refractivity contribution in [3.05, 3.63) is 20.8 Å². The summed E-state index contributed by atoms with van der Waals surface area (Å²) in [4.78, 5) is 11.6. The molecular weight excluding hydrogens is 288 g/mol. The molecule has 3 nitrogen and oxygen atoms in total. The van der Waals surface area contributed by atoms with Gasteiger partial charge in [-0.25, -0.2) is 0 Å². The predicted molar refractivity (Wildman–Crippen MR) is 71.6 cm³/mol. The third-order valence-corrected chi connectivity index (χ3v) is 3.90. The van der Waals surface area contributed by atoms with E-state index in [9.17, 15) is 4.79 Å². The number of rotatable bonds is 5. The van der Waals surface area contributed by atoms with E-state index in [0.29, 0.717) is 0 Å². The van der Waals surface area contributed by atoms with E-state index >= 15 is 0 Å². The molecule has 0 aromatic carbocycles. The Balaban J connectivity index is 2.53. The standard InChI is InChI=1S/C11H17BrN2OS/c1-7(2)10(11(15)13-3)14-5-8-4-9(12)16-6-8/h4,6-7,10,14H,5H2,1-3H3,(H,13,15). The van der Waals surface area contributed by atoms with E-state index in [1.165, 1.54) is 5.56 Å². The quantitative estimate of drug-likeness (QED) is 0.877. The number of carbonyl (C=O) groups excluding carboxylic acids is 1. The molecule has 5 heteroatoms. The van der Waals surface area contributed by atoms with Gasteiger partial charge in [0.1, 0.15) is 0 Å². The molecule has 0 fully saturated rings. The number of nitrogens with one attached hydrogen (secondary N) is 2. The van der Waals surface area contributed by atoms with Gasteiger partial charge >= 0.3 is 0 Å². The lowest BCUT2D eigenvalue weighted by Crippen LogP contribution is -2.45. The summed E-state index contributed by atoms with van der Waals surface area (Å²) in [6.45, 7) is 4.80. The van der Waals surface area contributed by atoms with Gasteiger partial charge in [0.05, 0.1) is 9.83 Å². The van der Waals surface area contributed by atoms with Crippen molar-refractivity contribution >= 4 is 33.2 Å². The molecule has 0 aliphatic heterocycles. The SMILES string of the molecule is CNC(=O)C(NCc1csc(Br)c1)C(C)C. The fourth-order valence-corrected chi connectivity index (χ4v) is 2.66. The van der Waals surface area contributed by atoms with E-state index in [0.717, 1.165) is 10.3 Å². The Morgan fingerprint density at radius 2 is 2.25 bits per heavy atom. The van der Waals surface area contributed by atoms with Crippen molar-refractivity contribution < 1.29 is 4.79 Å². The fraction of sp³-hybridized carbons (Fsp3) is 0.545. The van der Waals surface area contributed by atoms with Gasteiger partial charge < -0.3 is 10.6 Å². The Kier molecular flexibility index (Phi) is 5.44. The minimum Gasteiger partial charge on any atom is -0.358 e. The van der Waals surface area contributed by atoms with Crippen molar-refractivity contribution in [3.8, 4) is 0 Å². The van der Waals surface area contributed by atoms with Crippen LogP contribution in [0.25, 0.3) is 0 Å². The van der Waals surface area contributed by atoms with Crippen LogP contribution in [-0.2, 0) is 11.3 Å². The van der Waals surface area contributed by atoms with Gasteiger partial charge in [0.25, 0.3) is 0 Å². The summed E-state index contributed by atoms with van der Waals surface area (Å²) in [6, 6.07) is 1.93. The molecular formula is C11H17BrN2OS. The smallest absolute Gasteiger partial charge is 0.237 e. The number of hydrogen-bond acceptors (Lipinski definition) is 3. The third-order valence-electron chi connectivity index (χ3n) is 2.34. The molecule has 1 atom stereocenters. The zero-order valence-electron chi connectivity index (χ0n) is 9.71. The second kappa shape index (κ2) is 6.37. The Bertz CT molecular complexity index is 352. The van der Waals surface area contributed by atoms with E-state index < -0.39 is 0 Å². The second-order valence-electron chi connectivity index (χ2n) is 3.98. The van der Waals surface area contributed by atoms with Crippen LogP contribution in [0.4, 0.5) is 0 Å². The maximum Gasteiger partial charge on any atom is 0.237 e. The van der Waals surface area contributed by atoms with Crippen LogP contribution >= 0.6 is 27.3 Å². The number of halogens is 1. The van der Waals surface area contributed by atoms with Crippen LogP contribution < -0.4 is 10.6 Å². The molecule has 0 radical (unpaired) electrons. The van der Waals surface area contributed by atoms with Crippen molar-refractivity contribution in [1.29, 1.82) is 0 Å². The highest BCUT2D eigenvalue weighted by Gasteiger charge is 2.20. The van der Waals surface area contributed by atoms with Crippen LogP contribution in [0.2, 0.25) is 0 Å². The summed E-state index contributed by atoms with van der Waals surface area (Å²) in [7, 11) is 1.67. The molecule has 1 heterocycles. The van der Waals surface area contributed by atoms with Gasteiger partial charge in [-0.05, 0) is 38.9 Å². The number of hydrogen-bond donors (Lipinski definition) is 2. The van der Waals surface area contributed by atoms with Crippen molar-refractivity contribution in [1.82, 2.24) is 10.6 Å². The molecule has 0 spiro atoms. The van der Waals surface area contributed by atoms with Gasteiger partial charge in [-0.1, -0.05) is 13.8 Å². The lowest BCUT2D eigenvalue weighted by atomic mass is 10.0. The van der Waals surface area contributed by atoms with Crippen molar-refractivity contribution in [2.45, 2.75) is 26.4 Å². The Hall–Kier alpha value is -0.390. The average molecular weight is 305 g/mol. The highest BCUT2D eigenvalue weighted by atomic mass is 79.9. The minimum atomic E-state index is -0.135. The first-order valence-corrected chi connectivity index (χ1v) is 6.89. The number of amides is 1. The molecule has 16 heavy (non-hydrogen) atoms. The van der Waals surface area contributed by atoms with Crippen LogP contribution in [0.15, 0.2) is 15.2 Å². The van der Waals surface area contributed by atoms with Gasteiger partial charge in [0, 0.05) is 13.6 Å². The first-order valence-electron chi connectivity index (χ1n) is 5.22. The Morgan fingerprint density at radius 1 is 1.56 bits per heavy atom. The molecule has 90 valence electrons. The third kappa shape index (κ3) is 3.88. The molecule has 1 unspecified atom stereocenters.